The first-order valence-corrected chi connectivity index (χ1v) is 8.17. The van der Waals surface area contributed by atoms with Gasteiger partial charge >= 0.3 is 0 Å². The van der Waals surface area contributed by atoms with E-state index in [-0.39, 0.29) is 0 Å². The smallest absolute Gasteiger partial charge is 0.205 e. The minimum Gasteiger partial charge on any atom is -0.493 e. The van der Waals surface area contributed by atoms with Crippen molar-refractivity contribution in [3.8, 4) is 28.8 Å². The Balaban J connectivity index is 1.82. The van der Waals surface area contributed by atoms with E-state index in [1.807, 2.05) is 42.5 Å². The molecule has 4 rings (SSSR count). The minimum atomic E-state index is 0.530. The number of methoxy groups -OCH3 is 1. The molecule has 0 aliphatic carbocycles. The highest BCUT2D eigenvalue weighted by atomic mass is 35.5. The molecule has 1 N–H and O–H groups in total. The maximum Gasteiger partial charge on any atom is 0.205 e. The summed E-state index contributed by atoms with van der Waals surface area (Å²) in [6.07, 6.45) is 0.658. The van der Waals surface area contributed by atoms with Crippen LogP contribution >= 0.6 is 23.8 Å². The second-order valence-corrected chi connectivity index (χ2v) is 6.26. The molecule has 0 atom stereocenters. The molecular weight excluding hydrogens is 344 g/mol. The summed E-state index contributed by atoms with van der Waals surface area (Å²) in [7, 11) is 1.63. The van der Waals surface area contributed by atoms with Crippen LogP contribution in [0.1, 0.15) is 11.1 Å². The van der Waals surface area contributed by atoms with Gasteiger partial charge in [-0.3, -0.25) is 0 Å². The van der Waals surface area contributed by atoms with E-state index in [1.54, 1.807) is 7.11 Å². The molecule has 0 fully saturated rings. The predicted molar refractivity (Wildman–Crippen MR) is 95.7 cm³/mol. The van der Waals surface area contributed by atoms with Crippen molar-refractivity contribution in [1.82, 2.24) is 9.97 Å². The molecule has 24 heavy (non-hydrogen) atoms. The normalized spacial score (nSPS) is 12.1. The second-order valence-electron chi connectivity index (χ2n) is 5.43. The number of H-pyrrole nitrogens is 1. The first kappa shape index (κ1) is 15.2. The summed E-state index contributed by atoms with van der Waals surface area (Å²) in [5, 5.41) is 0.672. The number of nitrogens with zero attached hydrogens (tertiary/aromatic N) is 1. The Bertz CT molecular complexity index is 983. The van der Waals surface area contributed by atoms with E-state index >= 15 is 0 Å². The van der Waals surface area contributed by atoms with E-state index in [4.69, 9.17) is 33.3 Å². The summed E-state index contributed by atoms with van der Waals surface area (Å²) in [5.41, 5.74) is 2.80. The molecule has 0 saturated carbocycles. The van der Waals surface area contributed by atoms with Gasteiger partial charge in [0.25, 0.3) is 0 Å². The first-order valence-electron chi connectivity index (χ1n) is 7.38. The van der Waals surface area contributed by atoms with Crippen molar-refractivity contribution < 1.29 is 9.47 Å². The molecule has 1 aliphatic heterocycles. The van der Waals surface area contributed by atoms with Crippen LogP contribution in [0.15, 0.2) is 42.5 Å². The Morgan fingerprint density at radius 1 is 1.21 bits per heavy atom. The molecule has 4 nitrogen and oxygen atoms in total. The van der Waals surface area contributed by atoms with Crippen molar-refractivity contribution in [3.63, 3.8) is 0 Å². The molecule has 2 heterocycles. The number of rotatable bonds is 2. The van der Waals surface area contributed by atoms with Crippen LogP contribution in [-0.4, -0.2) is 17.1 Å². The van der Waals surface area contributed by atoms with E-state index in [2.05, 4.69) is 9.97 Å². The molecule has 120 valence electrons. The van der Waals surface area contributed by atoms with Crippen LogP contribution in [0.4, 0.5) is 0 Å². The molecule has 1 aliphatic rings. The molecule has 0 radical (unpaired) electrons. The van der Waals surface area contributed by atoms with Crippen LogP contribution in [0.3, 0.4) is 0 Å². The number of aromatic nitrogens is 2. The number of ether oxygens (including phenoxy) is 2. The van der Waals surface area contributed by atoms with Gasteiger partial charge < -0.3 is 14.5 Å². The summed E-state index contributed by atoms with van der Waals surface area (Å²) in [5.74, 6) is 2.67. The number of para-hydroxylation sites is 1. The van der Waals surface area contributed by atoms with E-state index < -0.39 is 0 Å². The molecule has 0 amide bonds. The highest BCUT2D eigenvalue weighted by Gasteiger charge is 2.23. The zero-order chi connectivity index (χ0) is 16.7. The van der Waals surface area contributed by atoms with E-state index in [0.29, 0.717) is 39.3 Å². The maximum absolute atomic E-state index is 6.05. The van der Waals surface area contributed by atoms with Crippen molar-refractivity contribution in [2.24, 2.45) is 0 Å². The van der Waals surface area contributed by atoms with Crippen molar-refractivity contribution >= 4 is 23.8 Å². The summed E-state index contributed by atoms with van der Waals surface area (Å²) >= 11 is 11.4. The van der Waals surface area contributed by atoms with Gasteiger partial charge in [0.05, 0.1) is 12.7 Å². The number of halogens is 1. The SMILES string of the molecule is COc1cccc2c1Oc1[nH]c(-c3ccc(Cl)cc3)nc(=S)c1C2. The van der Waals surface area contributed by atoms with Crippen LogP contribution in [0.25, 0.3) is 11.4 Å². The standard InChI is InChI=1S/C18H13ClN2O2S/c1-22-14-4-2-3-11-9-13-17(23-15(11)14)20-16(21-18(13)24)10-5-7-12(19)8-6-10/h2-8H,9H2,1H3,(H,20,21,24). The molecule has 0 bridgehead atoms. The Labute approximate surface area is 149 Å². The fourth-order valence-corrected chi connectivity index (χ4v) is 3.12. The monoisotopic (exact) mass is 356 g/mol. The van der Waals surface area contributed by atoms with Crippen molar-refractivity contribution in [3.05, 3.63) is 63.3 Å². The number of benzene rings is 2. The predicted octanol–water partition coefficient (Wildman–Crippen LogP) is 5.16. The molecule has 2 aromatic carbocycles. The number of hydrogen-bond donors (Lipinski definition) is 1. The lowest BCUT2D eigenvalue weighted by molar-refractivity contribution is 0.365. The fraction of sp³-hybridized carbons (Fsp3) is 0.111. The Hall–Kier alpha value is -2.37. The van der Waals surface area contributed by atoms with Crippen LogP contribution < -0.4 is 9.47 Å². The lowest BCUT2D eigenvalue weighted by atomic mass is 10.0. The highest BCUT2D eigenvalue weighted by molar-refractivity contribution is 7.71. The van der Waals surface area contributed by atoms with Gasteiger partial charge in [-0.2, -0.15) is 0 Å². The van der Waals surface area contributed by atoms with Gasteiger partial charge in [0.15, 0.2) is 11.5 Å². The average molecular weight is 357 g/mol. The second kappa shape index (κ2) is 5.92. The average Bonchev–Trinajstić information content (AvgIpc) is 2.60. The van der Waals surface area contributed by atoms with Crippen molar-refractivity contribution in [2.45, 2.75) is 6.42 Å². The topological polar surface area (TPSA) is 47.1 Å². The maximum atomic E-state index is 6.05. The van der Waals surface area contributed by atoms with Crippen LogP contribution in [0.5, 0.6) is 17.4 Å². The number of aromatic amines is 1. The summed E-state index contributed by atoms with van der Waals surface area (Å²) < 4.78 is 12.0. The van der Waals surface area contributed by atoms with Gasteiger partial charge in [-0.1, -0.05) is 36.0 Å². The van der Waals surface area contributed by atoms with E-state index in [1.165, 1.54) is 0 Å². The lowest BCUT2D eigenvalue weighted by Crippen LogP contribution is -2.08. The minimum absolute atomic E-state index is 0.530. The number of hydrogen-bond acceptors (Lipinski definition) is 4. The van der Waals surface area contributed by atoms with E-state index in [9.17, 15) is 0 Å². The van der Waals surface area contributed by atoms with Gasteiger partial charge in [-0.05, 0) is 30.3 Å². The molecule has 0 saturated heterocycles. The highest BCUT2D eigenvalue weighted by Crippen LogP contribution is 2.41. The third kappa shape index (κ3) is 2.56. The van der Waals surface area contributed by atoms with Crippen molar-refractivity contribution in [1.29, 1.82) is 0 Å². The molecule has 1 aromatic heterocycles. The lowest BCUT2D eigenvalue weighted by Gasteiger charge is -2.22. The molecule has 3 aromatic rings. The Morgan fingerprint density at radius 2 is 2.00 bits per heavy atom. The fourth-order valence-electron chi connectivity index (χ4n) is 2.73. The van der Waals surface area contributed by atoms with Crippen LogP contribution in [0, 0.1) is 4.64 Å². The zero-order valence-corrected chi connectivity index (χ0v) is 14.4. The van der Waals surface area contributed by atoms with E-state index in [0.717, 1.165) is 16.7 Å². The molecule has 6 heteroatoms. The first-order chi connectivity index (χ1) is 11.7. The third-order valence-corrected chi connectivity index (χ3v) is 4.54. The largest absolute Gasteiger partial charge is 0.493 e. The van der Waals surface area contributed by atoms with Gasteiger partial charge in [-0.25, -0.2) is 4.98 Å². The summed E-state index contributed by atoms with van der Waals surface area (Å²) in [4.78, 5) is 7.74. The summed E-state index contributed by atoms with van der Waals surface area (Å²) in [6, 6.07) is 13.2. The Kier molecular flexibility index (Phi) is 3.75. The molecule has 0 spiro atoms. The molecular formula is C18H13ClN2O2S. The number of fused-ring (bicyclic) bond motifs is 2. The van der Waals surface area contributed by atoms with Gasteiger partial charge in [0.1, 0.15) is 10.5 Å². The van der Waals surface area contributed by atoms with Gasteiger partial charge in [-0.15, -0.1) is 0 Å². The Morgan fingerprint density at radius 3 is 2.75 bits per heavy atom. The zero-order valence-electron chi connectivity index (χ0n) is 12.8. The summed E-state index contributed by atoms with van der Waals surface area (Å²) in [6.45, 7) is 0. The molecule has 0 unspecified atom stereocenters. The number of nitrogens with one attached hydrogen (secondary N) is 1. The van der Waals surface area contributed by atoms with Crippen LogP contribution in [-0.2, 0) is 6.42 Å². The van der Waals surface area contributed by atoms with Crippen molar-refractivity contribution in [2.75, 3.05) is 7.11 Å². The third-order valence-electron chi connectivity index (χ3n) is 3.95. The van der Waals surface area contributed by atoms with Crippen LogP contribution in [0.2, 0.25) is 5.02 Å². The quantitative estimate of drug-likeness (QED) is 0.504. The van der Waals surface area contributed by atoms with Gasteiger partial charge in [0.2, 0.25) is 5.88 Å². The van der Waals surface area contributed by atoms with Gasteiger partial charge in [0, 0.05) is 22.6 Å².